The van der Waals surface area contributed by atoms with Gasteiger partial charge in [0.2, 0.25) is 0 Å². The zero-order chi connectivity index (χ0) is 46.3. The second-order valence-electron chi connectivity index (χ2n) is 19.7. The molecule has 0 amide bonds. The van der Waals surface area contributed by atoms with E-state index in [1.807, 2.05) is 0 Å². The van der Waals surface area contributed by atoms with E-state index in [9.17, 15) is 14.7 Å². The fraction of sp³-hybridized carbons (Fsp3) is 0.898. The lowest BCUT2D eigenvalue weighted by molar-refractivity contribution is -0.161. The average Bonchev–Trinajstić information content (AvgIpc) is 3.30. The number of hydrogen-bond donors (Lipinski definition) is 1. The molecule has 0 aromatic carbocycles. The van der Waals surface area contributed by atoms with Gasteiger partial charge >= 0.3 is 11.9 Å². The van der Waals surface area contributed by atoms with Gasteiger partial charge in [-0.05, 0) is 44.9 Å². The van der Waals surface area contributed by atoms with Crippen LogP contribution in [0.25, 0.3) is 0 Å². The number of ether oxygens (including phenoxy) is 2. The summed E-state index contributed by atoms with van der Waals surface area (Å²) in [4.78, 5) is 24.5. The van der Waals surface area contributed by atoms with Crippen LogP contribution in [0.3, 0.4) is 0 Å². The summed E-state index contributed by atoms with van der Waals surface area (Å²) in [6, 6.07) is 0. The van der Waals surface area contributed by atoms with Gasteiger partial charge in [-0.1, -0.05) is 289 Å². The number of carbonyl (C=O) groups is 2. The van der Waals surface area contributed by atoms with Gasteiger partial charge in [-0.3, -0.25) is 9.59 Å². The third-order valence-electron chi connectivity index (χ3n) is 13.2. The fourth-order valence-electron chi connectivity index (χ4n) is 8.88. The molecular weight excluding hydrogens is 789 g/mol. The molecule has 1 N–H and O–H groups in total. The average molecular weight is 902 g/mol. The first-order chi connectivity index (χ1) is 31.6. The van der Waals surface area contributed by atoms with E-state index in [4.69, 9.17) is 9.47 Å². The summed E-state index contributed by atoms with van der Waals surface area (Å²) in [6.45, 7) is 4.18. The maximum Gasteiger partial charge on any atom is 0.306 e. The maximum atomic E-state index is 12.3. The molecule has 0 aliphatic carbocycles. The Morgan fingerprint density at radius 3 is 0.922 bits per heavy atom. The van der Waals surface area contributed by atoms with E-state index in [2.05, 4.69) is 38.2 Å². The Labute approximate surface area is 400 Å². The van der Waals surface area contributed by atoms with Crippen molar-refractivity contribution in [2.45, 2.75) is 328 Å². The molecule has 0 aromatic rings. The molecule has 0 saturated heterocycles. The van der Waals surface area contributed by atoms with E-state index in [0.717, 1.165) is 38.5 Å². The van der Waals surface area contributed by atoms with Crippen LogP contribution < -0.4 is 0 Å². The highest BCUT2D eigenvalue weighted by molar-refractivity contribution is 5.70. The number of unbranched alkanes of at least 4 members (excludes halogenated alkanes) is 42. The van der Waals surface area contributed by atoms with Crippen LogP contribution in [0.4, 0.5) is 0 Å². The summed E-state index contributed by atoms with van der Waals surface area (Å²) in [6.07, 6.45) is 70.2. The van der Waals surface area contributed by atoms with Crippen molar-refractivity contribution in [2.24, 2.45) is 0 Å². The van der Waals surface area contributed by atoms with Gasteiger partial charge in [0.05, 0.1) is 6.61 Å². The molecular formula is C59H112O5. The summed E-state index contributed by atoms with van der Waals surface area (Å²) in [5.74, 6) is -0.577. The minimum Gasteiger partial charge on any atom is -0.462 e. The van der Waals surface area contributed by atoms with Crippen LogP contribution in [-0.2, 0) is 19.1 Å². The van der Waals surface area contributed by atoms with Crippen molar-refractivity contribution in [1.82, 2.24) is 0 Å². The zero-order valence-electron chi connectivity index (χ0n) is 43.3. The third-order valence-corrected chi connectivity index (χ3v) is 13.2. The molecule has 5 nitrogen and oxygen atoms in total. The van der Waals surface area contributed by atoms with Crippen LogP contribution >= 0.6 is 0 Å². The van der Waals surface area contributed by atoms with E-state index < -0.39 is 6.10 Å². The van der Waals surface area contributed by atoms with Gasteiger partial charge in [-0.25, -0.2) is 0 Å². The quantitative estimate of drug-likeness (QED) is 0.0374. The van der Waals surface area contributed by atoms with Crippen molar-refractivity contribution in [3.05, 3.63) is 24.3 Å². The van der Waals surface area contributed by atoms with Crippen molar-refractivity contribution in [3.63, 3.8) is 0 Å². The van der Waals surface area contributed by atoms with Crippen molar-refractivity contribution in [1.29, 1.82) is 0 Å². The van der Waals surface area contributed by atoms with Crippen LogP contribution in [0.15, 0.2) is 24.3 Å². The lowest BCUT2D eigenvalue weighted by Crippen LogP contribution is -2.28. The van der Waals surface area contributed by atoms with Crippen molar-refractivity contribution < 1.29 is 24.2 Å². The minimum absolute atomic E-state index is 0.0619. The molecule has 64 heavy (non-hydrogen) atoms. The smallest absolute Gasteiger partial charge is 0.306 e. The predicted molar refractivity (Wildman–Crippen MR) is 279 cm³/mol. The van der Waals surface area contributed by atoms with E-state index in [-0.39, 0.29) is 25.2 Å². The van der Waals surface area contributed by atoms with Gasteiger partial charge in [-0.15, -0.1) is 0 Å². The van der Waals surface area contributed by atoms with Crippen molar-refractivity contribution in [3.8, 4) is 0 Å². The lowest BCUT2D eigenvalue weighted by atomic mass is 10.0. The molecule has 0 aliphatic rings. The third kappa shape index (κ3) is 53.0. The molecule has 1 atom stereocenters. The van der Waals surface area contributed by atoms with Gasteiger partial charge in [-0.2, -0.15) is 0 Å². The largest absolute Gasteiger partial charge is 0.462 e. The Kier molecular flexibility index (Phi) is 54.3. The fourth-order valence-corrected chi connectivity index (χ4v) is 8.88. The standard InChI is InChI=1S/C59H112O5/c1-3-5-7-9-11-13-15-17-19-21-23-25-26-27-28-29-30-31-32-34-35-37-39-41-43-45-47-49-51-53-58(61)63-56-57(55-60)64-59(62)54-52-50-48-46-44-42-40-38-36-33-24-22-20-18-16-14-12-10-8-6-4-2/h16,18,22,24,57,60H,3-15,17,19-21,23,25-56H2,1-2H3/b18-16-,24-22-. The van der Waals surface area contributed by atoms with Gasteiger partial charge in [0.25, 0.3) is 0 Å². The van der Waals surface area contributed by atoms with Crippen molar-refractivity contribution in [2.75, 3.05) is 13.2 Å². The Balaban J connectivity index is 3.42. The summed E-state index contributed by atoms with van der Waals surface area (Å²) < 4.78 is 10.7. The second-order valence-corrected chi connectivity index (χ2v) is 19.7. The lowest BCUT2D eigenvalue weighted by Gasteiger charge is -2.15. The molecule has 0 radical (unpaired) electrons. The van der Waals surface area contributed by atoms with Crippen LogP contribution in [0, 0.1) is 0 Å². The molecule has 0 aliphatic heterocycles. The molecule has 0 bridgehead atoms. The van der Waals surface area contributed by atoms with Crippen LogP contribution in [0.5, 0.6) is 0 Å². The maximum absolute atomic E-state index is 12.3. The van der Waals surface area contributed by atoms with Crippen LogP contribution in [0.2, 0.25) is 0 Å². The van der Waals surface area contributed by atoms with Crippen molar-refractivity contribution >= 4 is 11.9 Å². The summed E-state index contributed by atoms with van der Waals surface area (Å²) in [5.41, 5.74) is 0. The molecule has 1 unspecified atom stereocenters. The Morgan fingerprint density at radius 2 is 0.625 bits per heavy atom. The Bertz CT molecular complexity index is 974. The summed E-state index contributed by atoms with van der Waals surface area (Å²) in [7, 11) is 0. The van der Waals surface area contributed by atoms with Gasteiger partial charge in [0.1, 0.15) is 6.61 Å². The molecule has 0 heterocycles. The van der Waals surface area contributed by atoms with Gasteiger partial charge < -0.3 is 14.6 Å². The monoisotopic (exact) mass is 901 g/mol. The zero-order valence-corrected chi connectivity index (χ0v) is 43.3. The summed E-state index contributed by atoms with van der Waals surface area (Å²) in [5, 5.41) is 9.65. The highest BCUT2D eigenvalue weighted by Crippen LogP contribution is 2.18. The minimum atomic E-state index is -0.771. The number of aliphatic hydroxyl groups is 1. The van der Waals surface area contributed by atoms with E-state index >= 15 is 0 Å². The molecule has 5 heteroatoms. The molecule has 0 fully saturated rings. The molecule has 0 rings (SSSR count). The molecule has 0 spiro atoms. The van der Waals surface area contributed by atoms with E-state index in [1.165, 1.54) is 257 Å². The number of rotatable bonds is 54. The van der Waals surface area contributed by atoms with Crippen LogP contribution in [-0.4, -0.2) is 36.4 Å². The van der Waals surface area contributed by atoms with E-state index in [1.54, 1.807) is 0 Å². The number of carbonyl (C=O) groups excluding carboxylic acids is 2. The van der Waals surface area contributed by atoms with Gasteiger partial charge in [0.15, 0.2) is 6.10 Å². The molecule has 0 saturated carbocycles. The predicted octanol–water partition coefficient (Wildman–Crippen LogP) is 19.3. The topological polar surface area (TPSA) is 72.8 Å². The first-order valence-corrected chi connectivity index (χ1v) is 28.9. The number of allylic oxidation sites excluding steroid dienone is 4. The van der Waals surface area contributed by atoms with E-state index in [0.29, 0.717) is 12.8 Å². The Hall–Kier alpha value is -1.62. The number of hydrogen-bond acceptors (Lipinski definition) is 5. The van der Waals surface area contributed by atoms with Crippen LogP contribution in [0.1, 0.15) is 322 Å². The highest BCUT2D eigenvalue weighted by Gasteiger charge is 2.16. The first kappa shape index (κ1) is 62.4. The number of esters is 2. The SMILES string of the molecule is CCCCCCC/C=C\C/C=C\CCCCCCCCCCCC(=O)OC(CO)COC(=O)CCCCCCCCCCCCCCCCCCCCCCCCCCCCCCC. The molecule has 0 aromatic heterocycles. The Morgan fingerprint density at radius 1 is 0.359 bits per heavy atom. The second kappa shape index (κ2) is 55.7. The summed E-state index contributed by atoms with van der Waals surface area (Å²) >= 11 is 0. The van der Waals surface area contributed by atoms with Gasteiger partial charge in [0, 0.05) is 12.8 Å². The highest BCUT2D eigenvalue weighted by atomic mass is 16.6. The first-order valence-electron chi connectivity index (χ1n) is 28.9. The molecule has 378 valence electrons. The normalized spacial score (nSPS) is 12.2. The number of aliphatic hydroxyl groups excluding tert-OH is 1.